The first-order valence-electron chi connectivity index (χ1n) is 6.69. The smallest absolute Gasteiger partial charge is 0.264 e. The summed E-state index contributed by atoms with van der Waals surface area (Å²) >= 11 is 0. The van der Waals surface area contributed by atoms with E-state index in [0.717, 1.165) is 18.1 Å². The van der Waals surface area contributed by atoms with E-state index in [2.05, 4.69) is 0 Å². The molecule has 1 aliphatic heterocycles. The Morgan fingerprint density at radius 3 is 1.70 bits per heavy atom. The van der Waals surface area contributed by atoms with E-state index >= 15 is 0 Å². The third-order valence-electron chi connectivity index (χ3n) is 2.98. The van der Waals surface area contributed by atoms with Crippen molar-refractivity contribution in [2.45, 2.75) is 18.5 Å². The Balaban J connectivity index is 2.08. The van der Waals surface area contributed by atoms with Crippen LogP contribution in [-0.2, 0) is 38.1 Å². The van der Waals surface area contributed by atoms with Gasteiger partial charge in [-0.1, -0.05) is 30.3 Å². The highest BCUT2D eigenvalue weighted by molar-refractivity contribution is 7.86. The third kappa shape index (κ3) is 6.16. The van der Waals surface area contributed by atoms with E-state index in [1.165, 1.54) is 0 Å². The van der Waals surface area contributed by atoms with E-state index < -0.39 is 38.7 Å². The Labute approximate surface area is 135 Å². The van der Waals surface area contributed by atoms with Crippen molar-refractivity contribution in [3.63, 3.8) is 0 Å². The van der Waals surface area contributed by atoms with Crippen LogP contribution in [0.3, 0.4) is 0 Å². The summed E-state index contributed by atoms with van der Waals surface area (Å²) in [5, 5.41) is 0. The number of benzene rings is 1. The van der Waals surface area contributed by atoms with Gasteiger partial charge in [0.05, 0.1) is 25.7 Å². The van der Waals surface area contributed by atoms with Crippen LogP contribution in [0, 0.1) is 0 Å². The summed E-state index contributed by atoms with van der Waals surface area (Å²) in [5.74, 6) is 0. The minimum atomic E-state index is -3.66. The van der Waals surface area contributed by atoms with Crippen LogP contribution in [0.15, 0.2) is 30.3 Å². The van der Waals surface area contributed by atoms with Crippen LogP contribution in [0.1, 0.15) is 11.9 Å². The molecule has 8 nitrogen and oxygen atoms in total. The highest BCUT2D eigenvalue weighted by Gasteiger charge is 2.38. The van der Waals surface area contributed by atoms with Crippen LogP contribution in [0.4, 0.5) is 0 Å². The summed E-state index contributed by atoms with van der Waals surface area (Å²) in [4.78, 5) is 0. The van der Waals surface area contributed by atoms with E-state index in [9.17, 15) is 16.8 Å². The minimum Gasteiger partial charge on any atom is -0.340 e. The first-order chi connectivity index (χ1) is 10.6. The molecular formula is C13H18O8S2. The second kappa shape index (κ2) is 7.24. The Morgan fingerprint density at radius 2 is 1.30 bits per heavy atom. The van der Waals surface area contributed by atoms with Crippen molar-refractivity contribution in [3.8, 4) is 0 Å². The van der Waals surface area contributed by atoms with E-state index in [-0.39, 0.29) is 13.2 Å². The van der Waals surface area contributed by atoms with Crippen molar-refractivity contribution >= 4 is 20.2 Å². The molecule has 0 amide bonds. The molecule has 1 aromatic rings. The first-order valence-corrected chi connectivity index (χ1v) is 10.3. The lowest BCUT2D eigenvalue weighted by molar-refractivity contribution is -0.0750. The maximum absolute atomic E-state index is 11.1. The summed E-state index contributed by atoms with van der Waals surface area (Å²) in [7, 11) is -7.31. The normalized spacial score (nSPS) is 25.6. The predicted molar refractivity (Wildman–Crippen MR) is 80.5 cm³/mol. The van der Waals surface area contributed by atoms with E-state index in [1.54, 1.807) is 24.3 Å². The van der Waals surface area contributed by atoms with Crippen molar-refractivity contribution in [1.29, 1.82) is 0 Å². The summed E-state index contributed by atoms with van der Waals surface area (Å²) < 4.78 is 65.2. The van der Waals surface area contributed by atoms with Gasteiger partial charge in [0.25, 0.3) is 20.2 Å². The highest BCUT2D eigenvalue weighted by atomic mass is 32.2. The molecular weight excluding hydrogens is 348 g/mol. The Bertz CT molecular complexity index is 670. The van der Waals surface area contributed by atoms with Crippen LogP contribution < -0.4 is 0 Å². The molecule has 23 heavy (non-hydrogen) atoms. The average molecular weight is 366 g/mol. The maximum atomic E-state index is 11.1. The van der Waals surface area contributed by atoms with Crippen LogP contribution in [0.5, 0.6) is 0 Å². The molecule has 2 rings (SSSR count). The van der Waals surface area contributed by atoms with Gasteiger partial charge in [0, 0.05) is 5.56 Å². The molecule has 1 aliphatic rings. The summed E-state index contributed by atoms with van der Waals surface area (Å²) in [6.45, 7) is -0.583. The lowest BCUT2D eigenvalue weighted by Gasteiger charge is -2.15. The van der Waals surface area contributed by atoms with Crippen molar-refractivity contribution < 1.29 is 34.7 Å². The average Bonchev–Trinajstić information content (AvgIpc) is 2.86. The van der Waals surface area contributed by atoms with Gasteiger partial charge in [0.2, 0.25) is 0 Å². The Kier molecular flexibility index (Phi) is 5.76. The van der Waals surface area contributed by atoms with Crippen molar-refractivity contribution in [1.82, 2.24) is 0 Å². The summed E-state index contributed by atoms with van der Waals surface area (Å²) in [5.41, 5.74) is 0.721. The highest BCUT2D eigenvalue weighted by Crippen LogP contribution is 2.31. The van der Waals surface area contributed by atoms with Crippen LogP contribution in [-0.4, -0.2) is 54.8 Å². The summed E-state index contributed by atoms with van der Waals surface area (Å²) in [6, 6.07) is 8.97. The second-order valence-corrected chi connectivity index (χ2v) is 8.36. The molecule has 0 radical (unpaired) electrons. The zero-order valence-corrected chi connectivity index (χ0v) is 14.2. The molecule has 1 fully saturated rings. The van der Waals surface area contributed by atoms with Gasteiger partial charge in [0.1, 0.15) is 12.2 Å². The topological polar surface area (TPSA) is 105 Å². The zero-order chi connectivity index (χ0) is 17.1. The van der Waals surface area contributed by atoms with Crippen molar-refractivity contribution in [2.75, 3.05) is 25.7 Å². The third-order valence-corrected chi connectivity index (χ3v) is 4.10. The van der Waals surface area contributed by atoms with Gasteiger partial charge in [-0.15, -0.1) is 0 Å². The standard InChI is InChI=1S/C13H18O8S2/c1-22(14,15)18-8-11-12(9-19-23(2,16)17)21-13(20-11)10-6-4-3-5-7-10/h3-7,11-13H,8-9H2,1-2H3/t11-,12+,13?. The molecule has 0 spiro atoms. The van der Waals surface area contributed by atoms with E-state index in [0.29, 0.717) is 0 Å². The van der Waals surface area contributed by atoms with Gasteiger partial charge in [-0.2, -0.15) is 16.8 Å². The van der Waals surface area contributed by atoms with Gasteiger partial charge in [0.15, 0.2) is 6.29 Å². The lowest BCUT2D eigenvalue weighted by Crippen LogP contribution is -2.33. The monoisotopic (exact) mass is 366 g/mol. The van der Waals surface area contributed by atoms with Crippen molar-refractivity contribution in [3.05, 3.63) is 35.9 Å². The molecule has 1 unspecified atom stereocenters. The quantitative estimate of drug-likeness (QED) is 0.640. The molecule has 1 aromatic carbocycles. The Morgan fingerprint density at radius 1 is 0.870 bits per heavy atom. The molecule has 0 aromatic heterocycles. The number of hydrogen-bond donors (Lipinski definition) is 0. The van der Waals surface area contributed by atoms with Crippen LogP contribution in [0.2, 0.25) is 0 Å². The van der Waals surface area contributed by atoms with Gasteiger partial charge in [-0.25, -0.2) is 0 Å². The fraction of sp³-hybridized carbons (Fsp3) is 0.538. The van der Waals surface area contributed by atoms with Gasteiger partial charge in [-0.05, 0) is 0 Å². The Hall–Kier alpha value is -1.04. The molecule has 1 heterocycles. The van der Waals surface area contributed by atoms with Gasteiger partial charge >= 0.3 is 0 Å². The van der Waals surface area contributed by atoms with Crippen molar-refractivity contribution in [2.24, 2.45) is 0 Å². The number of hydrogen-bond acceptors (Lipinski definition) is 8. The first kappa shape index (κ1) is 18.3. The second-order valence-electron chi connectivity index (χ2n) is 5.07. The molecule has 0 bridgehead atoms. The molecule has 130 valence electrons. The fourth-order valence-corrected chi connectivity index (χ4v) is 2.73. The maximum Gasteiger partial charge on any atom is 0.264 e. The molecule has 1 saturated heterocycles. The van der Waals surface area contributed by atoms with Crippen LogP contribution in [0.25, 0.3) is 0 Å². The fourth-order valence-electron chi connectivity index (χ4n) is 1.97. The van der Waals surface area contributed by atoms with Gasteiger partial charge in [-0.3, -0.25) is 8.37 Å². The summed E-state index contributed by atoms with van der Waals surface area (Å²) in [6.07, 6.45) is -0.482. The largest absolute Gasteiger partial charge is 0.340 e. The minimum absolute atomic E-state index is 0.292. The molecule has 0 saturated carbocycles. The molecule has 3 atom stereocenters. The SMILES string of the molecule is CS(=O)(=O)OC[C@@H]1OC(c2ccccc2)O[C@@H]1COS(C)(=O)=O. The van der Waals surface area contributed by atoms with Crippen LogP contribution >= 0.6 is 0 Å². The molecule has 0 aliphatic carbocycles. The van der Waals surface area contributed by atoms with Gasteiger partial charge < -0.3 is 9.47 Å². The molecule has 10 heteroatoms. The zero-order valence-electron chi connectivity index (χ0n) is 12.6. The number of ether oxygens (including phenoxy) is 2. The molecule has 0 N–H and O–H groups in total. The van der Waals surface area contributed by atoms with E-state index in [1.807, 2.05) is 6.07 Å². The number of rotatable bonds is 7. The lowest BCUT2D eigenvalue weighted by atomic mass is 10.2. The predicted octanol–water partition coefficient (Wildman–Crippen LogP) is 0.422. The van der Waals surface area contributed by atoms with E-state index in [4.69, 9.17) is 17.8 Å².